The highest BCUT2D eigenvalue weighted by Crippen LogP contribution is 2.39. The molecular weight excluding hydrogens is 314 g/mol. The van der Waals surface area contributed by atoms with Gasteiger partial charge in [-0.2, -0.15) is 0 Å². The second kappa shape index (κ2) is 9.41. The van der Waals surface area contributed by atoms with Gasteiger partial charge in [0.05, 0.1) is 12.0 Å². The minimum Gasteiger partial charge on any atom is -0.357 e. The van der Waals surface area contributed by atoms with E-state index in [1.165, 1.54) is 19.4 Å². The molecule has 25 heavy (non-hydrogen) atoms. The Kier molecular flexibility index (Phi) is 7.54. The maximum atomic E-state index is 12.7. The van der Waals surface area contributed by atoms with Gasteiger partial charge >= 0.3 is 0 Å². The third kappa shape index (κ3) is 5.09. The second-order valence-corrected chi connectivity index (χ2v) is 7.69. The maximum Gasteiger partial charge on any atom is 0.230 e. The van der Waals surface area contributed by atoms with Gasteiger partial charge in [0.25, 0.3) is 0 Å². The van der Waals surface area contributed by atoms with Crippen LogP contribution in [0.15, 0.2) is 4.99 Å². The van der Waals surface area contributed by atoms with Crippen molar-refractivity contribution in [2.45, 2.75) is 58.4 Å². The molecule has 2 aliphatic rings. The van der Waals surface area contributed by atoms with Gasteiger partial charge in [-0.05, 0) is 45.7 Å². The number of aliphatic imine (C=N–C) groups is 1. The van der Waals surface area contributed by atoms with Crippen molar-refractivity contribution in [2.75, 3.05) is 46.8 Å². The first-order chi connectivity index (χ1) is 12.0. The molecule has 0 aromatic heterocycles. The molecule has 6 nitrogen and oxygen atoms in total. The number of carbonyl (C=O) groups is 1. The van der Waals surface area contributed by atoms with E-state index in [-0.39, 0.29) is 11.3 Å². The van der Waals surface area contributed by atoms with Crippen molar-refractivity contribution in [1.29, 1.82) is 0 Å². The summed E-state index contributed by atoms with van der Waals surface area (Å²) in [7, 11) is 3.71. The van der Waals surface area contributed by atoms with Crippen LogP contribution in [-0.2, 0) is 4.79 Å². The lowest BCUT2D eigenvalue weighted by Gasteiger charge is -2.29. The van der Waals surface area contributed by atoms with Crippen LogP contribution < -0.4 is 10.6 Å². The minimum atomic E-state index is -0.297. The number of likely N-dealkylation sites (N-methyl/N-ethyl adjacent to an activating group) is 1. The Labute approximate surface area is 153 Å². The Bertz CT molecular complexity index is 457. The molecule has 0 spiro atoms. The lowest BCUT2D eigenvalue weighted by molar-refractivity contribution is -0.138. The van der Waals surface area contributed by atoms with Crippen molar-refractivity contribution in [2.24, 2.45) is 10.4 Å². The van der Waals surface area contributed by atoms with Gasteiger partial charge in [0, 0.05) is 33.2 Å². The molecule has 1 aliphatic heterocycles. The summed E-state index contributed by atoms with van der Waals surface area (Å²) in [5, 5.41) is 6.85. The van der Waals surface area contributed by atoms with Crippen LogP contribution in [0.5, 0.6) is 0 Å². The SMILES string of the molecule is CCNC(=NCC1(C(=O)N(C)C)CCCC1)NCC1CCCN1CC. The number of likely N-dealkylation sites (tertiary alicyclic amines) is 1. The van der Waals surface area contributed by atoms with Gasteiger partial charge in [-0.3, -0.25) is 14.7 Å². The van der Waals surface area contributed by atoms with Crippen LogP contribution in [0.2, 0.25) is 0 Å². The zero-order valence-electron chi connectivity index (χ0n) is 16.6. The molecule has 2 N–H and O–H groups in total. The molecule has 0 bridgehead atoms. The predicted molar refractivity (Wildman–Crippen MR) is 104 cm³/mol. The van der Waals surface area contributed by atoms with Crippen molar-refractivity contribution >= 4 is 11.9 Å². The number of guanidine groups is 1. The molecule has 1 aliphatic carbocycles. The summed E-state index contributed by atoms with van der Waals surface area (Å²) in [6, 6.07) is 0.595. The average Bonchev–Trinajstić information content (AvgIpc) is 3.26. The predicted octanol–water partition coefficient (Wildman–Crippen LogP) is 1.67. The zero-order chi connectivity index (χ0) is 18.3. The number of nitrogens with zero attached hydrogens (tertiary/aromatic N) is 3. The minimum absolute atomic E-state index is 0.234. The molecule has 0 aromatic carbocycles. The van der Waals surface area contributed by atoms with Crippen LogP contribution in [-0.4, -0.2) is 74.5 Å². The fourth-order valence-corrected chi connectivity index (χ4v) is 4.29. The zero-order valence-corrected chi connectivity index (χ0v) is 16.6. The average molecular weight is 352 g/mol. The second-order valence-electron chi connectivity index (χ2n) is 7.69. The smallest absolute Gasteiger partial charge is 0.230 e. The largest absolute Gasteiger partial charge is 0.357 e. The Hall–Kier alpha value is -1.30. The van der Waals surface area contributed by atoms with Crippen LogP contribution in [0.25, 0.3) is 0 Å². The summed E-state index contributed by atoms with van der Waals surface area (Å²) in [5.74, 6) is 1.08. The number of rotatable bonds is 7. The molecule has 2 fully saturated rings. The molecule has 1 saturated carbocycles. The van der Waals surface area contributed by atoms with E-state index >= 15 is 0 Å². The first kappa shape index (κ1) is 20.0. The van der Waals surface area contributed by atoms with Crippen molar-refractivity contribution < 1.29 is 4.79 Å². The van der Waals surface area contributed by atoms with Gasteiger partial charge in [0.2, 0.25) is 5.91 Å². The number of amides is 1. The van der Waals surface area contributed by atoms with Gasteiger partial charge in [0.1, 0.15) is 0 Å². The molecule has 0 radical (unpaired) electrons. The Morgan fingerprint density at radius 3 is 2.52 bits per heavy atom. The van der Waals surface area contributed by atoms with Crippen molar-refractivity contribution in [3.05, 3.63) is 0 Å². The van der Waals surface area contributed by atoms with Crippen molar-refractivity contribution in [3.8, 4) is 0 Å². The lowest BCUT2D eigenvalue weighted by Crippen LogP contribution is -2.46. The molecule has 2 rings (SSSR count). The number of hydrogen-bond donors (Lipinski definition) is 2. The topological polar surface area (TPSA) is 60.0 Å². The first-order valence-electron chi connectivity index (χ1n) is 10.0. The van der Waals surface area contributed by atoms with Crippen LogP contribution in [0.3, 0.4) is 0 Å². The molecule has 6 heteroatoms. The van der Waals surface area contributed by atoms with Crippen LogP contribution >= 0.6 is 0 Å². The van der Waals surface area contributed by atoms with Crippen LogP contribution in [0.4, 0.5) is 0 Å². The van der Waals surface area contributed by atoms with E-state index in [9.17, 15) is 4.79 Å². The summed E-state index contributed by atoms with van der Waals surface area (Å²) in [5.41, 5.74) is -0.297. The molecule has 144 valence electrons. The van der Waals surface area contributed by atoms with Gasteiger partial charge in [-0.15, -0.1) is 0 Å². The van der Waals surface area contributed by atoms with Gasteiger partial charge < -0.3 is 15.5 Å². The summed E-state index contributed by atoms with van der Waals surface area (Å²) in [6.07, 6.45) is 6.72. The highest BCUT2D eigenvalue weighted by molar-refractivity contribution is 5.84. The van der Waals surface area contributed by atoms with Crippen molar-refractivity contribution in [1.82, 2.24) is 20.4 Å². The normalized spacial score (nSPS) is 23.7. The maximum absolute atomic E-state index is 12.7. The fourth-order valence-electron chi connectivity index (χ4n) is 4.29. The summed E-state index contributed by atoms with van der Waals surface area (Å²) in [6.45, 7) is 8.98. The molecule has 1 atom stereocenters. The van der Waals surface area contributed by atoms with E-state index in [0.29, 0.717) is 12.6 Å². The van der Waals surface area contributed by atoms with E-state index in [1.54, 1.807) is 4.90 Å². The van der Waals surface area contributed by atoms with E-state index in [2.05, 4.69) is 29.4 Å². The number of hydrogen-bond acceptors (Lipinski definition) is 3. The molecule has 1 amide bonds. The highest BCUT2D eigenvalue weighted by Gasteiger charge is 2.42. The first-order valence-corrected chi connectivity index (χ1v) is 10.0. The van der Waals surface area contributed by atoms with Gasteiger partial charge in [-0.25, -0.2) is 0 Å². The van der Waals surface area contributed by atoms with Crippen molar-refractivity contribution in [3.63, 3.8) is 0 Å². The third-order valence-electron chi connectivity index (χ3n) is 5.71. The van der Waals surface area contributed by atoms with E-state index in [4.69, 9.17) is 4.99 Å². The van der Waals surface area contributed by atoms with E-state index in [1.807, 2.05) is 14.1 Å². The molecule has 1 saturated heterocycles. The van der Waals surface area contributed by atoms with Gasteiger partial charge in [0.15, 0.2) is 5.96 Å². The van der Waals surface area contributed by atoms with Gasteiger partial charge in [-0.1, -0.05) is 19.8 Å². The third-order valence-corrected chi connectivity index (χ3v) is 5.71. The van der Waals surface area contributed by atoms with E-state index < -0.39 is 0 Å². The standard InChI is InChI=1S/C19H37N5O/c1-5-20-18(21-14-16-10-9-13-24(16)6-2)22-15-19(11-7-8-12-19)17(25)23(3)4/h16H,5-15H2,1-4H3,(H2,20,21,22). The summed E-state index contributed by atoms with van der Waals surface area (Å²) < 4.78 is 0. The molecule has 0 aromatic rings. The fraction of sp³-hybridized carbons (Fsp3) is 0.895. The monoisotopic (exact) mass is 351 g/mol. The number of nitrogens with one attached hydrogen (secondary N) is 2. The quantitative estimate of drug-likeness (QED) is 0.541. The van der Waals surface area contributed by atoms with Crippen LogP contribution in [0.1, 0.15) is 52.4 Å². The molecule has 1 heterocycles. The Morgan fingerprint density at radius 1 is 1.20 bits per heavy atom. The number of carbonyl (C=O) groups excluding carboxylic acids is 1. The lowest BCUT2D eigenvalue weighted by atomic mass is 9.85. The Morgan fingerprint density at radius 2 is 1.92 bits per heavy atom. The summed E-state index contributed by atoms with van der Waals surface area (Å²) >= 11 is 0. The van der Waals surface area contributed by atoms with Crippen LogP contribution in [0, 0.1) is 5.41 Å². The highest BCUT2D eigenvalue weighted by atomic mass is 16.2. The molecule has 1 unspecified atom stereocenters. The molecular formula is C19H37N5O. The Balaban J connectivity index is 1.98. The summed E-state index contributed by atoms with van der Waals surface area (Å²) in [4.78, 5) is 21.8. The van der Waals surface area contributed by atoms with E-state index in [0.717, 1.165) is 51.3 Å².